The molecular weight excluding hydrogens is 196 g/mol. The Balaban J connectivity index is 2.39. The predicted molar refractivity (Wildman–Crippen MR) is 46.2 cm³/mol. The van der Waals surface area contributed by atoms with E-state index in [0.717, 1.165) is 12.8 Å². The second-order valence-corrected chi connectivity index (χ2v) is 4.55. The van der Waals surface area contributed by atoms with E-state index in [2.05, 4.69) is 9.44 Å². The lowest BCUT2D eigenvalue weighted by Gasteiger charge is -2.13. The van der Waals surface area contributed by atoms with E-state index < -0.39 is 29.5 Å². The molecule has 0 atom stereocenters. The van der Waals surface area contributed by atoms with Crippen LogP contribution in [0.4, 0.5) is 0 Å². The molecule has 7 heteroatoms. The fourth-order valence-corrected chi connectivity index (χ4v) is 2.14. The van der Waals surface area contributed by atoms with E-state index in [9.17, 15) is 8.42 Å². The molecule has 1 saturated carbocycles. The van der Waals surface area contributed by atoms with Gasteiger partial charge in [0.1, 0.15) is 0 Å². The normalized spacial score (nSPS) is 18.1. The van der Waals surface area contributed by atoms with Crippen molar-refractivity contribution < 1.29 is 18.6 Å². The van der Waals surface area contributed by atoms with Gasteiger partial charge in [0.05, 0.1) is 19.3 Å². The predicted octanol–water partition coefficient (Wildman–Crippen LogP) is -2.07. The van der Waals surface area contributed by atoms with E-state index in [1.54, 1.807) is 0 Å². The van der Waals surface area contributed by atoms with Crippen LogP contribution in [-0.2, 0) is 10.2 Å². The molecule has 6 nitrogen and oxygen atoms in total. The van der Waals surface area contributed by atoms with Crippen LogP contribution >= 0.6 is 0 Å². The van der Waals surface area contributed by atoms with Crippen LogP contribution in [0.2, 0.25) is 0 Å². The van der Waals surface area contributed by atoms with Crippen LogP contribution in [0, 0.1) is 0 Å². The van der Waals surface area contributed by atoms with Gasteiger partial charge in [0.25, 0.3) is 10.2 Å². The molecule has 0 amide bonds. The van der Waals surface area contributed by atoms with Crippen molar-refractivity contribution in [2.45, 2.75) is 24.9 Å². The molecule has 0 aromatic rings. The number of hydrogen-bond acceptors (Lipinski definition) is 4. The molecule has 0 spiro atoms. The summed E-state index contributed by atoms with van der Waals surface area (Å²) in [6.07, 6.45) is 1.70. The highest BCUT2D eigenvalue weighted by Crippen LogP contribution is 2.19. The first kappa shape index (κ1) is 10.9. The molecule has 0 saturated heterocycles. The molecular formula is C6H14N2O4S. The first-order valence-electron chi connectivity index (χ1n) is 4.08. The molecule has 0 unspecified atom stereocenters. The third-order valence-corrected chi connectivity index (χ3v) is 2.95. The van der Waals surface area contributed by atoms with Crippen molar-refractivity contribution in [2.24, 2.45) is 0 Å². The Hall–Kier alpha value is -0.210. The highest BCUT2D eigenvalue weighted by Gasteiger charge is 2.27. The van der Waals surface area contributed by atoms with Crippen LogP contribution in [0.5, 0.6) is 0 Å². The summed E-state index contributed by atoms with van der Waals surface area (Å²) in [5, 5.41) is 17.2. The summed E-state index contributed by atoms with van der Waals surface area (Å²) in [6, 6.07) is -0.799. The number of aliphatic hydroxyl groups is 2. The number of nitrogens with one attached hydrogen (secondary N) is 2. The van der Waals surface area contributed by atoms with Gasteiger partial charge < -0.3 is 10.2 Å². The van der Waals surface area contributed by atoms with Crippen molar-refractivity contribution >= 4 is 10.2 Å². The fraction of sp³-hybridized carbons (Fsp3) is 1.00. The van der Waals surface area contributed by atoms with Crippen molar-refractivity contribution in [3.8, 4) is 0 Å². The Labute approximate surface area is 77.1 Å². The van der Waals surface area contributed by atoms with E-state index in [4.69, 9.17) is 10.2 Å². The summed E-state index contributed by atoms with van der Waals surface area (Å²) in [5.74, 6) is 0. The monoisotopic (exact) mass is 210 g/mol. The van der Waals surface area contributed by atoms with Crippen molar-refractivity contribution in [2.75, 3.05) is 13.2 Å². The van der Waals surface area contributed by atoms with Gasteiger partial charge in [-0.25, -0.2) is 0 Å². The Morgan fingerprint density at radius 1 is 1.31 bits per heavy atom. The zero-order valence-electron chi connectivity index (χ0n) is 7.10. The van der Waals surface area contributed by atoms with Gasteiger partial charge in [0.2, 0.25) is 0 Å². The fourth-order valence-electron chi connectivity index (χ4n) is 0.806. The largest absolute Gasteiger partial charge is 0.395 e. The van der Waals surface area contributed by atoms with Gasteiger partial charge in [-0.1, -0.05) is 0 Å². The van der Waals surface area contributed by atoms with E-state index in [-0.39, 0.29) is 6.04 Å². The van der Waals surface area contributed by atoms with Crippen LogP contribution in [0.1, 0.15) is 12.8 Å². The first-order chi connectivity index (χ1) is 6.07. The lowest BCUT2D eigenvalue weighted by molar-refractivity contribution is 0.184. The Morgan fingerprint density at radius 2 is 1.85 bits per heavy atom. The summed E-state index contributed by atoms with van der Waals surface area (Å²) in [7, 11) is -3.56. The minimum absolute atomic E-state index is 0.0236. The number of rotatable bonds is 6. The molecule has 0 aromatic heterocycles. The van der Waals surface area contributed by atoms with Crippen molar-refractivity contribution in [1.82, 2.24) is 9.44 Å². The van der Waals surface area contributed by atoms with Gasteiger partial charge in [-0.2, -0.15) is 17.9 Å². The molecule has 13 heavy (non-hydrogen) atoms. The van der Waals surface area contributed by atoms with Crippen LogP contribution in [-0.4, -0.2) is 43.9 Å². The Kier molecular flexibility index (Phi) is 3.63. The van der Waals surface area contributed by atoms with Crippen LogP contribution in [0.3, 0.4) is 0 Å². The quantitative estimate of drug-likeness (QED) is 0.404. The lowest BCUT2D eigenvalue weighted by atomic mass is 10.4. The number of aliphatic hydroxyl groups excluding tert-OH is 2. The summed E-state index contributed by atoms with van der Waals surface area (Å²) < 4.78 is 26.8. The Bertz CT molecular complexity index is 245. The molecule has 1 aliphatic rings. The highest BCUT2D eigenvalue weighted by molar-refractivity contribution is 7.87. The van der Waals surface area contributed by atoms with Crippen molar-refractivity contribution in [3.05, 3.63) is 0 Å². The van der Waals surface area contributed by atoms with Gasteiger partial charge in [0.15, 0.2) is 0 Å². The molecule has 0 radical (unpaired) electrons. The van der Waals surface area contributed by atoms with Crippen molar-refractivity contribution in [1.29, 1.82) is 0 Å². The third-order valence-electron chi connectivity index (χ3n) is 1.66. The van der Waals surface area contributed by atoms with Gasteiger partial charge in [-0.15, -0.1) is 0 Å². The highest BCUT2D eigenvalue weighted by atomic mass is 32.2. The smallest absolute Gasteiger partial charge is 0.277 e. The second-order valence-electron chi connectivity index (χ2n) is 3.08. The molecule has 78 valence electrons. The number of hydrogen-bond donors (Lipinski definition) is 4. The third kappa shape index (κ3) is 4.01. The van der Waals surface area contributed by atoms with Gasteiger partial charge in [-0.05, 0) is 12.8 Å². The maximum atomic E-state index is 11.2. The molecule has 0 bridgehead atoms. The molecule has 0 heterocycles. The molecule has 1 fully saturated rings. The van der Waals surface area contributed by atoms with E-state index in [0.29, 0.717) is 0 Å². The molecule has 0 aliphatic heterocycles. The topological polar surface area (TPSA) is 98.7 Å². The zero-order valence-corrected chi connectivity index (χ0v) is 7.92. The molecule has 0 aromatic carbocycles. The molecule has 1 rings (SSSR count). The van der Waals surface area contributed by atoms with Gasteiger partial charge >= 0.3 is 0 Å². The lowest BCUT2D eigenvalue weighted by Crippen LogP contribution is -2.46. The zero-order chi connectivity index (χ0) is 9.90. The SMILES string of the molecule is O=S(=O)(NC(CO)CO)NC1CC1. The molecule has 1 aliphatic carbocycles. The Morgan fingerprint density at radius 3 is 2.23 bits per heavy atom. The standard InChI is InChI=1S/C6H14N2O4S/c9-3-6(4-10)8-13(11,12)7-5-1-2-5/h5-10H,1-4H2. The van der Waals surface area contributed by atoms with Crippen LogP contribution in [0.25, 0.3) is 0 Å². The average molecular weight is 210 g/mol. The minimum atomic E-state index is -3.56. The van der Waals surface area contributed by atoms with E-state index in [1.807, 2.05) is 0 Å². The van der Waals surface area contributed by atoms with Gasteiger partial charge in [0, 0.05) is 6.04 Å². The molecule has 4 N–H and O–H groups in total. The maximum absolute atomic E-state index is 11.2. The minimum Gasteiger partial charge on any atom is -0.395 e. The summed E-state index contributed by atoms with van der Waals surface area (Å²) >= 11 is 0. The van der Waals surface area contributed by atoms with Crippen LogP contribution < -0.4 is 9.44 Å². The van der Waals surface area contributed by atoms with Crippen molar-refractivity contribution in [3.63, 3.8) is 0 Å². The van der Waals surface area contributed by atoms with E-state index in [1.165, 1.54) is 0 Å². The average Bonchev–Trinajstić information content (AvgIpc) is 2.83. The van der Waals surface area contributed by atoms with E-state index >= 15 is 0 Å². The summed E-state index contributed by atoms with van der Waals surface area (Å²) in [6.45, 7) is -0.829. The first-order valence-corrected chi connectivity index (χ1v) is 5.57. The van der Waals surface area contributed by atoms with Crippen LogP contribution in [0.15, 0.2) is 0 Å². The van der Waals surface area contributed by atoms with Gasteiger partial charge in [-0.3, -0.25) is 0 Å². The second kappa shape index (κ2) is 4.34. The summed E-state index contributed by atoms with van der Waals surface area (Å²) in [4.78, 5) is 0. The summed E-state index contributed by atoms with van der Waals surface area (Å²) in [5.41, 5.74) is 0. The maximum Gasteiger partial charge on any atom is 0.277 e.